The highest BCUT2D eigenvalue weighted by molar-refractivity contribution is 6.01. The summed E-state index contributed by atoms with van der Waals surface area (Å²) in [5.74, 6) is -1.16. The number of nitrogens with one attached hydrogen (secondary N) is 1. The first-order valence-electron chi connectivity index (χ1n) is 10.1. The van der Waals surface area contributed by atoms with Crippen LogP contribution in [-0.4, -0.2) is 40.4 Å². The number of amides is 2. The van der Waals surface area contributed by atoms with E-state index in [0.29, 0.717) is 30.0 Å². The topological polar surface area (TPSA) is 109 Å². The van der Waals surface area contributed by atoms with Crippen molar-refractivity contribution in [3.8, 4) is 5.75 Å². The Bertz CT molecular complexity index is 1160. The number of fused-ring (bicyclic) bond motifs is 1. The predicted molar refractivity (Wildman–Crippen MR) is 115 cm³/mol. The van der Waals surface area contributed by atoms with Gasteiger partial charge in [-0.1, -0.05) is 24.3 Å². The average molecular weight is 434 g/mol. The minimum Gasteiger partial charge on any atom is -0.482 e. The molecule has 2 amide bonds. The van der Waals surface area contributed by atoms with Crippen molar-refractivity contribution in [2.75, 3.05) is 11.9 Å². The van der Waals surface area contributed by atoms with Gasteiger partial charge < -0.3 is 24.5 Å². The Hall–Kier alpha value is -4.07. The van der Waals surface area contributed by atoms with Crippen LogP contribution in [0.1, 0.15) is 27.2 Å². The van der Waals surface area contributed by atoms with Crippen molar-refractivity contribution in [3.63, 3.8) is 0 Å². The van der Waals surface area contributed by atoms with Crippen molar-refractivity contribution < 1.29 is 28.6 Å². The van der Waals surface area contributed by atoms with Crippen molar-refractivity contribution in [1.82, 2.24) is 4.90 Å². The predicted octanol–water partition coefficient (Wildman–Crippen LogP) is 3.26. The zero-order valence-electron chi connectivity index (χ0n) is 17.4. The largest absolute Gasteiger partial charge is 0.482 e. The van der Waals surface area contributed by atoms with Gasteiger partial charge in [0.2, 0.25) is 5.91 Å². The van der Waals surface area contributed by atoms with Crippen LogP contribution in [0.4, 0.5) is 5.69 Å². The Kier molecular flexibility index (Phi) is 5.93. The zero-order chi connectivity index (χ0) is 22.7. The van der Waals surface area contributed by atoms with Gasteiger partial charge in [-0.05, 0) is 53.9 Å². The number of carbonyl (C=O) groups excluding carboxylic acids is 2. The molecule has 4 rings (SSSR count). The van der Waals surface area contributed by atoms with E-state index in [4.69, 9.17) is 14.3 Å². The second kappa shape index (κ2) is 8.97. The maximum Gasteiger partial charge on any atom is 0.341 e. The van der Waals surface area contributed by atoms with Gasteiger partial charge in [-0.25, -0.2) is 4.79 Å². The number of aliphatic carboxylic acids is 1. The maximum atomic E-state index is 13.3. The second-order valence-corrected chi connectivity index (χ2v) is 7.55. The van der Waals surface area contributed by atoms with Crippen LogP contribution >= 0.6 is 0 Å². The number of furan rings is 1. The van der Waals surface area contributed by atoms with Crippen LogP contribution in [0.2, 0.25) is 0 Å². The molecule has 32 heavy (non-hydrogen) atoms. The van der Waals surface area contributed by atoms with Gasteiger partial charge in [0.25, 0.3) is 5.91 Å². The fourth-order valence-electron chi connectivity index (χ4n) is 3.74. The molecule has 1 aliphatic rings. The minimum absolute atomic E-state index is 0.179. The summed E-state index contributed by atoms with van der Waals surface area (Å²) in [5, 5.41) is 11.6. The summed E-state index contributed by atoms with van der Waals surface area (Å²) >= 11 is 0. The standard InChI is InChI=1S/C24H22N2O6/c1-15-11-18(32-14-22(27)28)8-9-19(15)25-23(29)20-12-16-5-2-3-6-17(16)13-26(20)24(30)21-7-4-10-31-21/h2-11,20H,12-14H2,1H3,(H,25,29)(H,27,28)/t20-/m1/s1. The molecule has 1 aromatic heterocycles. The normalized spacial score (nSPS) is 15.0. The molecular weight excluding hydrogens is 412 g/mol. The summed E-state index contributed by atoms with van der Waals surface area (Å²) in [4.78, 5) is 38.5. The molecule has 1 aliphatic heterocycles. The summed E-state index contributed by atoms with van der Waals surface area (Å²) in [6, 6.07) is 15.1. The van der Waals surface area contributed by atoms with Crippen molar-refractivity contribution in [2.24, 2.45) is 0 Å². The van der Waals surface area contributed by atoms with Gasteiger partial charge in [-0.3, -0.25) is 9.59 Å². The summed E-state index contributed by atoms with van der Waals surface area (Å²) in [7, 11) is 0. The lowest BCUT2D eigenvalue weighted by Gasteiger charge is -2.35. The summed E-state index contributed by atoms with van der Waals surface area (Å²) < 4.78 is 10.5. The van der Waals surface area contributed by atoms with Gasteiger partial charge >= 0.3 is 5.97 Å². The molecule has 0 unspecified atom stereocenters. The Morgan fingerprint density at radius 1 is 1.12 bits per heavy atom. The van der Waals surface area contributed by atoms with Gasteiger partial charge in [0.05, 0.1) is 6.26 Å². The summed E-state index contributed by atoms with van der Waals surface area (Å²) in [6.07, 6.45) is 1.81. The number of rotatable bonds is 6. The Morgan fingerprint density at radius 2 is 1.91 bits per heavy atom. The lowest BCUT2D eigenvalue weighted by molar-refractivity contribution is -0.139. The summed E-state index contributed by atoms with van der Waals surface area (Å²) in [6.45, 7) is 1.64. The monoisotopic (exact) mass is 434 g/mol. The van der Waals surface area contributed by atoms with Gasteiger partial charge in [0, 0.05) is 18.7 Å². The number of carboxylic acids is 1. The van der Waals surface area contributed by atoms with E-state index in [1.807, 2.05) is 24.3 Å². The van der Waals surface area contributed by atoms with E-state index >= 15 is 0 Å². The van der Waals surface area contributed by atoms with Crippen molar-refractivity contribution in [2.45, 2.75) is 25.9 Å². The number of hydrogen-bond donors (Lipinski definition) is 2. The van der Waals surface area contributed by atoms with Crippen LogP contribution in [0.3, 0.4) is 0 Å². The number of ether oxygens (including phenoxy) is 1. The van der Waals surface area contributed by atoms with E-state index in [2.05, 4.69) is 5.32 Å². The van der Waals surface area contributed by atoms with E-state index in [9.17, 15) is 14.4 Å². The highest BCUT2D eigenvalue weighted by atomic mass is 16.5. The van der Waals surface area contributed by atoms with E-state index in [1.54, 1.807) is 37.3 Å². The first-order chi connectivity index (χ1) is 15.4. The van der Waals surface area contributed by atoms with Crippen LogP contribution in [0.25, 0.3) is 0 Å². The smallest absolute Gasteiger partial charge is 0.341 e. The Balaban J connectivity index is 1.56. The SMILES string of the molecule is Cc1cc(OCC(=O)O)ccc1NC(=O)[C@H]1Cc2ccccc2CN1C(=O)c1ccco1. The second-order valence-electron chi connectivity index (χ2n) is 7.55. The molecule has 2 N–H and O–H groups in total. The molecule has 0 radical (unpaired) electrons. The van der Waals surface area contributed by atoms with Crippen LogP contribution in [0.15, 0.2) is 65.3 Å². The fourth-order valence-corrected chi connectivity index (χ4v) is 3.74. The number of aryl methyl sites for hydroxylation is 1. The molecule has 8 heteroatoms. The molecule has 3 aromatic rings. The third-order valence-corrected chi connectivity index (χ3v) is 5.36. The molecule has 0 saturated heterocycles. The molecule has 0 saturated carbocycles. The van der Waals surface area contributed by atoms with Crippen LogP contribution < -0.4 is 10.1 Å². The van der Waals surface area contributed by atoms with Crippen LogP contribution in [-0.2, 0) is 22.6 Å². The number of carboxylic acid groups (broad SMARTS) is 1. The van der Waals surface area contributed by atoms with Crippen molar-refractivity contribution in [1.29, 1.82) is 0 Å². The van der Waals surface area contributed by atoms with Crippen molar-refractivity contribution in [3.05, 3.63) is 83.3 Å². The molecule has 0 bridgehead atoms. The van der Waals surface area contributed by atoms with Gasteiger partial charge in [0.1, 0.15) is 11.8 Å². The van der Waals surface area contributed by atoms with E-state index in [1.165, 1.54) is 11.2 Å². The lowest BCUT2D eigenvalue weighted by Crippen LogP contribution is -2.50. The number of carbonyl (C=O) groups is 3. The molecule has 0 aliphatic carbocycles. The van der Waals surface area contributed by atoms with Crippen molar-refractivity contribution >= 4 is 23.5 Å². The Morgan fingerprint density at radius 3 is 2.59 bits per heavy atom. The minimum atomic E-state index is -1.07. The molecule has 1 atom stereocenters. The maximum absolute atomic E-state index is 13.3. The van der Waals surface area contributed by atoms with E-state index in [0.717, 1.165) is 11.1 Å². The number of nitrogens with zero attached hydrogens (tertiary/aromatic N) is 1. The number of benzene rings is 2. The third kappa shape index (κ3) is 4.49. The molecule has 8 nitrogen and oxygen atoms in total. The lowest BCUT2D eigenvalue weighted by atomic mass is 9.93. The zero-order valence-corrected chi connectivity index (χ0v) is 17.4. The van der Waals surface area contributed by atoms with Gasteiger partial charge in [-0.15, -0.1) is 0 Å². The highest BCUT2D eigenvalue weighted by Gasteiger charge is 2.36. The number of hydrogen-bond acceptors (Lipinski definition) is 5. The first-order valence-corrected chi connectivity index (χ1v) is 10.1. The fraction of sp³-hybridized carbons (Fsp3) is 0.208. The van der Waals surface area contributed by atoms with Crippen LogP contribution in [0.5, 0.6) is 5.75 Å². The van der Waals surface area contributed by atoms with Gasteiger partial charge in [-0.2, -0.15) is 0 Å². The highest BCUT2D eigenvalue weighted by Crippen LogP contribution is 2.27. The Labute approximate surface area is 184 Å². The first kappa shape index (κ1) is 21.2. The van der Waals surface area contributed by atoms with E-state index in [-0.39, 0.29) is 17.6 Å². The average Bonchev–Trinajstić information content (AvgIpc) is 3.33. The quantitative estimate of drug-likeness (QED) is 0.616. The summed E-state index contributed by atoms with van der Waals surface area (Å²) in [5.41, 5.74) is 3.28. The van der Waals surface area contributed by atoms with Gasteiger partial charge in [0.15, 0.2) is 12.4 Å². The third-order valence-electron chi connectivity index (χ3n) is 5.36. The van der Waals surface area contributed by atoms with E-state index < -0.39 is 18.6 Å². The molecule has 0 spiro atoms. The molecule has 164 valence electrons. The molecule has 2 aromatic carbocycles. The van der Waals surface area contributed by atoms with Crippen LogP contribution in [0, 0.1) is 6.92 Å². The number of anilines is 1. The molecular formula is C24H22N2O6. The molecule has 2 heterocycles. The molecule has 0 fully saturated rings.